The molecule has 5 heteroatoms. The highest BCUT2D eigenvalue weighted by atomic mass is 32.1. The summed E-state index contributed by atoms with van der Waals surface area (Å²) >= 11 is 1.85. The Morgan fingerprint density at radius 1 is 0.694 bits per heavy atom. The summed E-state index contributed by atoms with van der Waals surface area (Å²) in [6.07, 6.45) is 3.92. The number of rotatable bonds is 9. The number of benzene rings is 4. The molecule has 5 aromatic rings. The van der Waals surface area contributed by atoms with Crippen LogP contribution in [0.1, 0.15) is 24.0 Å². The lowest BCUT2D eigenvalue weighted by atomic mass is 9.97. The van der Waals surface area contributed by atoms with Gasteiger partial charge in [0.25, 0.3) is 0 Å². The van der Waals surface area contributed by atoms with Crippen LogP contribution in [0.2, 0.25) is 0 Å². The molecule has 1 heterocycles. The minimum atomic E-state index is 0.0301. The third-order valence-electron chi connectivity index (χ3n) is 6.62. The summed E-state index contributed by atoms with van der Waals surface area (Å²) in [5.41, 5.74) is 18.7. The molecule has 0 aliphatic rings. The lowest BCUT2D eigenvalue weighted by Crippen LogP contribution is -2.31. The van der Waals surface area contributed by atoms with E-state index in [1.165, 1.54) is 53.6 Å². The number of hydrogen-bond donors (Lipinski definition) is 4. The Morgan fingerprint density at radius 3 is 1.75 bits per heavy atom. The number of nitrogens with one attached hydrogen (secondary N) is 2. The van der Waals surface area contributed by atoms with E-state index in [1.54, 1.807) is 0 Å². The molecule has 0 aliphatic heterocycles. The quantitative estimate of drug-likeness (QED) is 0.105. The molecule has 5 rings (SSSR count). The van der Waals surface area contributed by atoms with E-state index in [4.69, 9.17) is 16.9 Å². The molecule has 1 aromatic heterocycles. The lowest BCUT2D eigenvalue weighted by molar-refractivity contribution is 0.767. The van der Waals surface area contributed by atoms with Crippen molar-refractivity contribution in [1.29, 1.82) is 5.41 Å². The predicted molar refractivity (Wildman–Crippen MR) is 156 cm³/mol. The molecule has 0 fully saturated rings. The van der Waals surface area contributed by atoms with Crippen molar-refractivity contribution in [2.75, 3.05) is 13.1 Å². The van der Waals surface area contributed by atoms with Crippen molar-refractivity contribution in [1.82, 2.24) is 5.32 Å². The number of guanidine groups is 1. The van der Waals surface area contributed by atoms with Crippen LogP contribution in [0.5, 0.6) is 0 Å². The average molecular weight is 493 g/mol. The Morgan fingerprint density at radius 2 is 1.22 bits per heavy atom. The highest BCUT2D eigenvalue weighted by Gasteiger charge is 2.10. The van der Waals surface area contributed by atoms with Crippen LogP contribution in [-0.2, 0) is 12.8 Å². The van der Waals surface area contributed by atoms with Gasteiger partial charge in [0.15, 0.2) is 5.96 Å². The van der Waals surface area contributed by atoms with Gasteiger partial charge in [-0.05, 0) is 89.9 Å². The van der Waals surface area contributed by atoms with E-state index in [0.29, 0.717) is 6.54 Å². The van der Waals surface area contributed by atoms with Crippen molar-refractivity contribution in [3.8, 4) is 22.3 Å². The van der Waals surface area contributed by atoms with Gasteiger partial charge in [-0.25, -0.2) is 0 Å². The van der Waals surface area contributed by atoms with Crippen molar-refractivity contribution >= 4 is 37.5 Å². The largest absolute Gasteiger partial charge is 0.370 e. The van der Waals surface area contributed by atoms with E-state index in [0.717, 1.165) is 32.2 Å². The molecule has 6 N–H and O–H groups in total. The standard InChI is InChI=1S/C31H32N4S/c32-15-3-7-21-5-1-9-23(17-21)25-11-13-29-27(19-25)28-20-26(12-14-30(28)36-29)24-10-2-6-22(18-24)8-4-16-35-31(33)34/h1-2,5-6,9-14,17-20H,3-4,7-8,15-16,32H2,(H4,33,34,35). The molecule has 0 unspecified atom stereocenters. The Labute approximate surface area is 216 Å². The van der Waals surface area contributed by atoms with Crippen molar-refractivity contribution < 1.29 is 0 Å². The highest BCUT2D eigenvalue weighted by molar-refractivity contribution is 7.25. The van der Waals surface area contributed by atoms with Gasteiger partial charge in [0.1, 0.15) is 0 Å². The Hall–Kier alpha value is -3.67. The topological polar surface area (TPSA) is 87.9 Å². The molecule has 0 spiro atoms. The van der Waals surface area contributed by atoms with Gasteiger partial charge >= 0.3 is 0 Å². The molecule has 182 valence electrons. The zero-order chi connectivity index (χ0) is 24.9. The highest BCUT2D eigenvalue weighted by Crippen LogP contribution is 2.38. The van der Waals surface area contributed by atoms with Gasteiger partial charge in [0.05, 0.1) is 0 Å². The van der Waals surface area contributed by atoms with Gasteiger partial charge in [-0.1, -0.05) is 60.7 Å². The van der Waals surface area contributed by atoms with Gasteiger partial charge in [-0.15, -0.1) is 11.3 Å². The molecule has 0 aliphatic carbocycles. The average Bonchev–Trinajstić information content (AvgIpc) is 3.27. The van der Waals surface area contributed by atoms with Crippen LogP contribution in [0.15, 0.2) is 84.9 Å². The summed E-state index contributed by atoms with van der Waals surface area (Å²) in [7, 11) is 0. The lowest BCUT2D eigenvalue weighted by Gasteiger charge is -2.08. The second-order valence-corrected chi connectivity index (χ2v) is 10.3. The molecule has 0 saturated carbocycles. The minimum absolute atomic E-state index is 0.0301. The second kappa shape index (κ2) is 10.9. The van der Waals surface area contributed by atoms with Crippen LogP contribution in [0.25, 0.3) is 42.4 Å². The second-order valence-electron chi connectivity index (χ2n) is 9.26. The predicted octanol–water partition coefficient (Wildman–Crippen LogP) is 6.70. The van der Waals surface area contributed by atoms with Crippen LogP contribution >= 0.6 is 11.3 Å². The van der Waals surface area contributed by atoms with Crippen LogP contribution in [0, 0.1) is 5.41 Å². The number of nitrogens with two attached hydrogens (primary N) is 2. The van der Waals surface area contributed by atoms with E-state index in [-0.39, 0.29) is 5.96 Å². The first kappa shape index (κ1) is 24.0. The molecule has 4 nitrogen and oxygen atoms in total. The molecular weight excluding hydrogens is 460 g/mol. The summed E-state index contributed by atoms with van der Waals surface area (Å²) in [5.74, 6) is 0.0301. The molecule has 0 saturated heterocycles. The summed E-state index contributed by atoms with van der Waals surface area (Å²) in [5, 5.41) is 12.8. The number of fused-ring (bicyclic) bond motifs is 3. The van der Waals surface area contributed by atoms with Crippen molar-refractivity contribution in [3.63, 3.8) is 0 Å². The summed E-state index contributed by atoms with van der Waals surface area (Å²) in [4.78, 5) is 0. The number of aryl methyl sites for hydroxylation is 2. The molecule has 4 aromatic carbocycles. The molecule has 0 bridgehead atoms. The van der Waals surface area contributed by atoms with Crippen molar-refractivity contribution in [3.05, 3.63) is 96.1 Å². The fraction of sp³-hybridized carbons (Fsp3) is 0.194. The van der Waals surface area contributed by atoms with Crippen molar-refractivity contribution in [2.24, 2.45) is 11.5 Å². The van der Waals surface area contributed by atoms with E-state index >= 15 is 0 Å². The fourth-order valence-corrected chi connectivity index (χ4v) is 5.84. The van der Waals surface area contributed by atoms with Crippen LogP contribution in [-0.4, -0.2) is 19.0 Å². The maximum Gasteiger partial charge on any atom is 0.185 e. The van der Waals surface area contributed by atoms with Gasteiger partial charge in [0, 0.05) is 26.7 Å². The van der Waals surface area contributed by atoms with Gasteiger partial charge in [-0.3, -0.25) is 5.41 Å². The number of thiophene rings is 1. The van der Waals surface area contributed by atoms with E-state index in [2.05, 4.69) is 90.2 Å². The Kier molecular flexibility index (Phi) is 7.31. The zero-order valence-corrected chi connectivity index (χ0v) is 21.2. The third kappa shape index (κ3) is 5.43. The first-order chi connectivity index (χ1) is 17.6. The first-order valence-electron chi connectivity index (χ1n) is 12.5. The summed E-state index contributed by atoms with van der Waals surface area (Å²) in [6.45, 7) is 1.43. The van der Waals surface area contributed by atoms with E-state index < -0.39 is 0 Å². The smallest absolute Gasteiger partial charge is 0.185 e. The maximum atomic E-state index is 7.29. The zero-order valence-electron chi connectivity index (χ0n) is 20.4. The Bertz CT molecular complexity index is 1520. The molecule has 0 radical (unpaired) electrons. The summed E-state index contributed by atoms with van der Waals surface area (Å²) in [6, 6.07) is 31.3. The minimum Gasteiger partial charge on any atom is -0.370 e. The summed E-state index contributed by atoms with van der Waals surface area (Å²) < 4.78 is 2.63. The van der Waals surface area contributed by atoms with Crippen LogP contribution in [0.3, 0.4) is 0 Å². The van der Waals surface area contributed by atoms with E-state index in [9.17, 15) is 0 Å². The molecule has 0 atom stereocenters. The van der Waals surface area contributed by atoms with Gasteiger partial charge in [0.2, 0.25) is 0 Å². The SMILES string of the molecule is N=C(N)NCCCc1cccc(-c2ccc3sc4ccc(-c5cccc(CCCN)c5)cc4c3c2)c1. The van der Waals surface area contributed by atoms with Crippen LogP contribution in [0.4, 0.5) is 0 Å². The van der Waals surface area contributed by atoms with Gasteiger partial charge in [-0.2, -0.15) is 0 Å². The Balaban J connectivity index is 1.45. The normalized spacial score (nSPS) is 11.2. The third-order valence-corrected chi connectivity index (χ3v) is 7.77. The molecule has 36 heavy (non-hydrogen) atoms. The van der Waals surface area contributed by atoms with Crippen molar-refractivity contribution in [2.45, 2.75) is 25.7 Å². The fourth-order valence-electron chi connectivity index (χ4n) is 4.77. The number of hydrogen-bond acceptors (Lipinski definition) is 3. The monoisotopic (exact) mass is 492 g/mol. The molecular formula is C31H32N4S. The molecule has 0 amide bonds. The van der Waals surface area contributed by atoms with E-state index in [1.807, 2.05) is 11.3 Å². The van der Waals surface area contributed by atoms with Crippen LogP contribution < -0.4 is 16.8 Å². The first-order valence-corrected chi connectivity index (χ1v) is 13.4. The maximum absolute atomic E-state index is 7.29. The van der Waals surface area contributed by atoms with Gasteiger partial charge < -0.3 is 16.8 Å².